The van der Waals surface area contributed by atoms with Crippen LogP contribution in [0.25, 0.3) is 0 Å². The van der Waals surface area contributed by atoms with Gasteiger partial charge in [0, 0.05) is 25.5 Å². The van der Waals surface area contributed by atoms with Crippen LogP contribution >= 0.6 is 0 Å². The zero-order valence-corrected chi connectivity index (χ0v) is 14.8. The van der Waals surface area contributed by atoms with Gasteiger partial charge in [-0.3, -0.25) is 4.68 Å². The minimum absolute atomic E-state index is 0.0306. The second-order valence-electron chi connectivity index (χ2n) is 6.50. The molecule has 5 heteroatoms. The van der Waals surface area contributed by atoms with Crippen molar-refractivity contribution in [3.05, 3.63) is 60.4 Å². The van der Waals surface area contributed by atoms with Crippen molar-refractivity contribution >= 4 is 11.7 Å². The summed E-state index contributed by atoms with van der Waals surface area (Å²) in [7, 11) is 1.94. The fourth-order valence-electron chi connectivity index (χ4n) is 3.50. The Morgan fingerprint density at radius 1 is 1.36 bits per heavy atom. The molecule has 132 valence electrons. The Hall–Kier alpha value is -2.56. The average molecular weight is 338 g/mol. The van der Waals surface area contributed by atoms with Gasteiger partial charge in [0.25, 0.3) is 0 Å². The van der Waals surface area contributed by atoms with Gasteiger partial charge >= 0.3 is 6.03 Å². The Bertz CT molecular complexity index is 737. The molecule has 1 aliphatic heterocycles. The molecule has 0 unspecified atom stereocenters. The van der Waals surface area contributed by atoms with Gasteiger partial charge in [-0.25, -0.2) is 4.79 Å². The van der Waals surface area contributed by atoms with Gasteiger partial charge in [-0.05, 0) is 49.8 Å². The highest BCUT2D eigenvalue weighted by Crippen LogP contribution is 2.31. The van der Waals surface area contributed by atoms with Gasteiger partial charge in [0.2, 0.25) is 0 Å². The number of rotatable bonds is 5. The van der Waals surface area contributed by atoms with Crippen LogP contribution in [-0.2, 0) is 13.5 Å². The molecule has 1 aromatic heterocycles. The summed E-state index contributed by atoms with van der Waals surface area (Å²) in [6.07, 6.45) is 8.63. The Labute approximate surface area is 149 Å². The number of carbonyl (C=O) groups excluding carboxylic acids is 1. The van der Waals surface area contributed by atoms with Crippen molar-refractivity contribution in [2.24, 2.45) is 7.05 Å². The van der Waals surface area contributed by atoms with Crippen LogP contribution < -0.4 is 5.32 Å². The summed E-state index contributed by atoms with van der Waals surface area (Å²) >= 11 is 0. The molecule has 1 aromatic carbocycles. The van der Waals surface area contributed by atoms with Crippen LogP contribution in [0.1, 0.15) is 43.0 Å². The van der Waals surface area contributed by atoms with E-state index in [1.807, 2.05) is 47.0 Å². The fraction of sp³-hybridized carbons (Fsp3) is 0.400. The molecule has 1 aliphatic rings. The number of likely N-dealkylation sites (tertiary alicyclic amines) is 1. The first-order valence-corrected chi connectivity index (χ1v) is 8.95. The van der Waals surface area contributed by atoms with E-state index in [-0.39, 0.29) is 12.1 Å². The molecule has 3 rings (SSSR count). The quantitative estimate of drug-likeness (QED) is 0.827. The van der Waals surface area contributed by atoms with E-state index in [4.69, 9.17) is 0 Å². The predicted octanol–water partition coefficient (Wildman–Crippen LogP) is 4.30. The molecular weight excluding hydrogens is 312 g/mol. The molecule has 0 bridgehead atoms. The molecular formula is C20H26N4O. The molecule has 25 heavy (non-hydrogen) atoms. The lowest BCUT2D eigenvalue weighted by atomic mass is 9.99. The second kappa shape index (κ2) is 8.01. The maximum absolute atomic E-state index is 13.0. The predicted molar refractivity (Wildman–Crippen MR) is 100 cm³/mol. The van der Waals surface area contributed by atoms with Crippen LogP contribution in [0.3, 0.4) is 0 Å². The molecule has 0 saturated carbocycles. The molecule has 5 nitrogen and oxygen atoms in total. The third-order valence-corrected chi connectivity index (χ3v) is 4.84. The summed E-state index contributed by atoms with van der Waals surface area (Å²) in [5.74, 6) is 0. The van der Waals surface area contributed by atoms with Gasteiger partial charge in [0.15, 0.2) is 0 Å². The minimum Gasteiger partial charge on any atom is -0.316 e. The second-order valence-corrected chi connectivity index (χ2v) is 6.50. The first-order chi connectivity index (χ1) is 12.2. The number of aryl methyl sites for hydroxylation is 2. The Balaban J connectivity index is 1.77. The van der Waals surface area contributed by atoms with E-state index in [2.05, 4.69) is 23.1 Å². The number of hydrogen-bond donors (Lipinski definition) is 1. The number of nitrogens with zero attached hydrogens (tertiary/aromatic N) is 3. The number of aromatic nitrogens is 2. The van der Waals surface area contributed by atoms with Gasteiger partial charge in [0.05, 0.1) is 11.7 Å². The first-order valence-electron chi connectivity index (χ1n) is 8.95. The first kappa shape index (κ1) is 17.3. The Morgan fingerprint density at radius 2 is 2.20 bits per heavy atom. The highest BCUT2D eigenvalue weighted by molar-refractivity contribution is 5.90. The molecule has 2 amide bonds. The van der Waals surface area contributed by atoms with Crippen LogP contribution in [0, 0.1) is 0 Å². The van der Waals surface area contributed by atoms with Crippen molar-refractivity contribution in [3.63, 3.8) is 0 Å². The monoisotopic (exact) mass is 338 g/mol. The zero-order chi connectivity index (χ0) is 17.6. The molecule has 0 spiro atoms. The van der Waals surface area contributed by atoms with E-state index in [1.54, 1.807) is 6.20 Å². The Morgan fingerprint density at radius 3 is 2.96 bits per heavy atom. The van der Waals surface area contributed by atoms with E-state index in [0.29, 0.717) is 0 Å². The van der Waals surface area contributed by atoms with Crippen LogP contribution in [-0.4, -0.2) is 27.3 Å². The number of benzene rings is 1. The number of anilines is 1. The van der Waals surface area contributed by atoms with Crippen LogP contribution in [0.15, 0.2) is 49.2 Å². The van der Waals surface area contributed by atoms with Gasteiger partial charge in [0.1, 0.15) is 0 Å². The van der Waals surface area contributed by atoms with E-state index >= 15 is 0 Å². The van der Waals surface area contributed by atoms with E-state index in [0.717, 1.165) is 55.6 Å². The van der Waals surface area contributed by atoms with Crippen LogP contribution in [0.4, 0.5) is 10.5 Å². The lowest BCUT2D eigenvalue weighted by molar-refractivity contribution is 0.159. The molecule has 0 aliphatic carbocycles. The highest BCUT2D eigenvalue weighted by Gasteiger charge is 2.30. The molecule has 1 saturated heterocycles. The molecule has 2 aromatic rings. The normalized spacial score (nSPS) is 17.3. The van der Waals surface area contributed by atoms with Crippen molar-refractivity contribution in [1.29, 1.82) is 0 Å². The average Bonchev–Trinajstić information content (AvgIpc) is 3.07. The minimum atomic E-state index is -0.0306. The third kappa shape index (κ3) is 3.92. The topological polar surface area (TPSA) is 50.2 Å². The summed E-state index contributed by atoms with van der Waals surface area (Å²) in [6.45, 7) is 4.56. The fourth-order valence-corrected chi connectivity index (χ4v) is 3.50. The number of allylic oxidation sites excluding steroid dienone is 1. The summed E-state index contributed by atoms with van der Waals surface area (Å²) < 4.78 is 1.87. The smallest absolute Gasteiger partial charge is 0.316 e. The maximum atomic E-state index is 13.0. The number of carbonyl (C=O) groups is 1. The van der Waals surface area contributed by atoms with Crippen molar-refractivity contribution in [2.75, 3.05) is 11.9 Å². The van der Waals surface area contributed by atoms with Crippen molar-refractivity contribution < 1.29 is 4.79 Å². The van der Waals surface area contributed by atoms with Crippen molar-refractivity contribution in [3.8, 4) is 0 Å². The molecule has 2 heterocycles. The van der Waals surface area contributed by atoms with Crippen LogP contribution in [0.2, 0.25) is 0 Å². The summed E-state index contributed by atoms with van der Waals surface area (Å²) in [4.78, 5) is 14.9. The van der Waals surface area contributed by atoms with Crippen molar-refractivity contribution in [2.45, 2.75) is 38.1 Å². The largest absolute Gasteiger partial charge is 0.322 e. The van der Waals surface area contributed by atoms with Gasteiger partial charge in [-0.15, -0.1) is 6.58 Å². The molecule has 1 atom stereocenters. The summed E-state index contributed by atoms with van der Waals surface area (Å²) in [5.41, 5.74) is 3.13. The van der Waals surface area contributed by atoms with Crippen molar-refractivity contribution in [1.82, 2.24) is 14.7 Å². The number of amides is 2. The highest BCUT2D eigenvalue weighted by atomic mass is 16.2. The molecule has 0 radical (unpaired) electrons. The van der Waals surface area contributed by atoms with Gasteiger partial charge in [-0.2, -0.15) is 5.10 Å². The third-order valence-electron chi connectivity index (χ3n) is 4.84. The summed E-state index contributed by atoms with van der Waals surface area (Å²) in [5, 5.41) is 7.39. The van der Waals surface area contributed by atoms with E-state index < -0.39 is 0 Å². The van der Waals surface area contributed by atoms with E-state index in [1.165, 1.54) is 0 Å². The lowest BCUT2D eigenvalue weighted by Gasteiger charge is -2.35. The zero-order valence-electron chi connectivity index (χ0n) is 14.8. The number of para-hydroxylation sites is 1. The molecule has 1 N–H and O–H groups in total. The van der Waals surface area contributed by atoms with E-state index in [9.17, 15) is 4.79 Å². The van der Waals surface area contributed by atoms with Crippen LogP contribution in [0.5, 0.6) is 0 Å². The number of piperidine rings is 1. The standard InChI is InChI=1S/C20H26N4O/c1-3-4-9-16-10-5-6-11-17(16)22-20(25)24-15-8-7-12-19(24)18-13-14-21-23(18)2/h3,5-6,10-11,13-14,19H,1,4,7-9,12,15H2,2H3,(H,22,25)/t19-/m0/s1. The molecule has 1 fully saturated rings. The lowest BCUT2D eigenvalue weighted by Crippen LogP contribution is -2.42. The Kier molecular flexibility index (Phi) is 5.53. The summed E-state index contributed by atoms with van der Waals surface area (Å²) in [6, 6.07) is 10.1. The van der Waals surface area contributed by atoms with Gasteiger partial charge < -0.3 is 10.2 Å². The maximum Gasteiger partial charge on any atom is 0.322 e. The number of urea groups is 1. The number of nitrogens with one attached hydrogen (secondary N) is 1. The van der Waals surface area contributed by atoms with Gasteiger partial charge in [-0.1, -0.05) is 24.3 Å². The number of hydrogen-bond acceptors (Lipinski definition) is 2. The SMILES string of the molecule is C=CCCc1ccccc1NC(=O)N1CCCC[C@H]1c1ccnn1C.